The third kappa shape index (κ3) is 2.29. The topological polar surface area (TPSA) is 47.1 Å². The van der Waals surface area contributed by atoms with E-state index in [2.05, 4.69) is 10.2 Å². The molecule has 0 amide bonds. The van der Waals surface area contributed by atoms with Crippen LogP contribution in [0.25, 0.3) is 11.3 Å². The van der Waals surface area contributed by atoms with Gasteiger partial charge < -0.3 is 9.47 Å². The smallest absolute Gasteiger partial charge is 0.170 e. The molecule has 1 N–H and O–H groups in total. The van der Waals surface area contributed by atoms with Crippen molar-refractivity contribution < 1.29 is 9.47 Å². The van der Waals surface area contributed by atoms with Crippen LogP contribution in [0.5, 0.6) is 11.5 Å². The van der Waals surface area contributed by atoms with Crippen molar-refractivity contribution in [1.82, 2.24) is 10.2 Å². The first-order valence-electron chi connectivity index (χ1n) is 5.03. The number of aromatic nitrogens is 2. The fourth-order valence-corrected chi connectivity index (χ4v) is 1.70. The lowest BCUT2D eigenvalue weighted by Crippen LogP contribution is -1.95. The summed E-state index contributed by atoms with van der Waals surface area (Å²) < 4.78 is 11.2. The molecule has 0 saturated carbocycles. The fraction of sp³-hybridized carbons (Fsp3) is 0.167. The molecule has 0 atom stereocenters. The van der Waals surface area contributed by atoms with Crippen LogP contribution in [0.15, 0.2) is 30.3 Å². The Kier molecular flexibility index (Phi) is 3.39. The quantitative estimate of drug-likeness (QED) is 0.848. The number of para-hydroxylation sites is 1. The molecule has 1 aromatic heterocycles. The minimum absolute atomic E-state index is 0.593. The molecule has 0 aliphatic carbocycles. The molecule has 0 spiro atoms. The maximum Gasteiger partial charge on any atom is 0.170 e. The lowest BCUT2D eigenvalue weighted by Gasteiger charge is -2.11. The monoisotopic (exact) mass is 248 g/mol. The van der Waals surface area contributed by atoms with Crippen molar-refractivity contribution in [1.29, 1.82) is 0 Å². The Hall–Kier alpha value is -1.88. The predicted octanol–water partition coefficient (Wildman–Crippen LogP) is 2.82. The van der Waals surface area contributed by atoms with Gasteiger partial charge in [0.2, 0.25) is 0 Å². The molecular weight excluding hydrogens is 236 g/mol. The van der Waals surface area contributed by atoms with Gasteiger partial charge in [0.05, 0.1) is 19.9 Å². The van der Waals surface area contributed by atoms with E-state index in [-0.39, 0.29) is 0 Å². The molecule has 4 nitrogen and oxygen atoms in total. The Labute approximate surface area is 104 Å². The van der Waals surface area contributed by atoms with E-state index in [1.54, 1.807) is 20.3 Å². The maximum atomic E-state index is 5.35. The van der Waals surface area contributed by atoms with Gasteiger partial charge in [0.1, 0.15) is 4.64 Å². The molecule has 0 aliphatic heterocycles. The molecule has 0 unspecified atom stereocenters. The van der Waals surface area contributed by atoms with E-state index in [4.69, 9.17) is 21.7 Å². The average molecular weight is 248 g/mol. The zero-order chi connectivity index (χ0) is 12.3. The van der Waals surface area contributed by atoms with Gasteiger partial charge in [-0.05, 0) is 24.3 Å². The number of benzene rings is 1. The van der Waals surface area contributed by atoms with Crippen LogP contribution in [0.1, 0.15) is 0 Å². The number of ether oxygens (including phenoxy) is 2. The van der Waals surface area contributed by atoms with E-state index in [0.717, 1.165) is 11.3 Å². The van der Waals surface area contributed by atoms with Gasteiger partial charge in [0.15, 0.2) is 11.5 Å². The van der Waals surface area contributed by atoms with Crippen LogP contribution in [0.3, 0.4) is 0 Å². The van der Waals surface area contributed by atoms with Crippen LogP contribution in [-0.4, -0.2) is 24.4 Å². The zero-order valence-electron chi connectivity index (χ0n) is 9.56. The lowest BCUT2D eigenvalue weighted by atomic mass is 10.1. The largest absolute Gasteiger partial charge is 0.493 e. The number of nitrogens with one attached hydrogen (secondary N) is 1. The second-order valence-corrected chi connectivity index (χ2v) is 3.79. The minimum atomic E-state index is 0.593. The zero-order valence-corrected chi connectivity index (χ0v) is 10.4. The molecule has 88 valence electrons. The molecule has 0 fully saturated rings. The molecule has 0 bridgehead atoms. The van der Waals surface area contributed by atoms with Gasteiger partial charge in [0, 0.05) is 5.56 Å². The van der Waals surface area contributed by atoms with Gasteiger partial charge in [-0.15, -0.1) is 0 Å². The Bertz CT molecular complexity index is 560. The third-order valence-corrected chi connectivity index (χ3v) is 2.59. The van der Waals surface area contributed by atoms with Gasteiger partial charge in [-0.2, -0.15) is 5.10 Å². The molecule has 1 aromatic carbocycles. The summed E-state index contributed by atoms with van der Waals surface area (Å²) in [5.74, 6) is 1.34. The summed E-state index contributed by atoms with van der Waals surface area (Å²) in [6.45, 7) is 0. The van der Waals surface area contributed by atoms with Gasteiger partial charge >= 0.3 is 0 Å². The van der Waals surface area contributed by atoms with Crippen LogP contribution in [0, 0.1) is 4.64 Å². The van der Waals surface area contributed by atoms with Crippen molar-refractivity contribution in [3.63, 3.8) is 0 Å². The SMILES string of the molecule is COc1cccc(-c2ccc(=S)[nH]n2)c1OC. The fourth-order valence-electron chi connectivity index (χ4n) is 1.58. The molecule has 0 saturated heterocycles. The summed E-state index contributed by atoms with van der Waals surface area (Å²) in [5.41, 5.74) is 1.62. The predicted molar refractivity (Wildman–Crippen MR) is 68.0 cm³/mol. The van der Waals surface area contributed by atoms with E-state index in [9.17, 15) is 0 Å². The van der Waals surface area contributed by atoms with Crippen molar-refractivity contribution in [2.75, 3.05) is 14.2 Å². The van der Waals surface area contributed by atoms with Crippen molar-refractivity contribution >= 4 is 12.2 Å². The van der Waals surface area contributed by atoms with Crippen LogP contribution in [-0.2, 0) is 0 Å². The molecule has 0 aliphatic rings. The summed E-state index contributed by atoms with van der Waals surface area (Å²) in [6, 6.07) is 9.28. The first kappa shape index (κ1) is 11.6. The summed E-state index contributed by atoms with van der Waals surface area (Å²) in [5, 5.41) is 6.92. The van der Waals surface area contributed by atoms with Crippen LogP contribution in [0.2, 0.25) is 0 Å². The molecule has 2 aromatic rings. The number of methoxy groups -OCH3 is 2. The number of hydrogen-bond acceptors (Lipinski definition) is 4. The molecule has 1 heterocycles. The van der Waals surface area contributed by atoms with E-state index < -0.39 is 0 Å². The van der Waals surface area contributed by atoms with Crippen molar-refractivity contribution in [3.05, 3.63) is 35.0 Å². The van der Waals surface area contributed by atoms with Gasteiger partial charge in [-0.25, -0.2) is 0 Å². The maximum absolute atomic E-state index is 5.35. The Morgan fingerprint density at radius 3 is 2.53 bits per heavy atom. The first-order valence-corrected chi connectivity index (χ1v) is 5.44. The highest BCUT2D eigenvalue weighted by molar-refractivity contribution is 7.71. The Balaban J connectivity index is 2.58. The minimum Gasteiger partial charge on any atom is -0.493 e. The van der Waals surface area contributed by atoms with Gasteiger partial charge in [0.25, 0.3) is 0 Å². The number of rotatable bonds is 3. The van der Waals surface area contributed by atoms with E-state index >= 15 is 0 Å². The van der Waals surface area contributed by atoms with Crippen molar-refractivity contribution in [2.24, 2.45) is 0 Å². The third-order valence-electron chi connectivity index (χ3n) is 2.36. The van der Waals surface area contributed by atoms with Crippen molar-refractivity contribution in [3.8, 4) is 22.8 Å². The first-order chi connectivity index (χ1) is 8.26. The second-order valence-electron chi connectivity index (χ2n) is 3.35. The number of nitrogens with zero attached hydrogens (tertiary/aromatic N) is 1. The highest BCUT2D eigenvalue weighted by Crippen LogP contribution is 2.36. The van der Waals surface area contributed by atoms with E-state index in [0.29, 0.717) is 16.1 Å². The van der Waals surface area contributed by atoms with E-state index in [1.807, 2.05) is 24.3 Å². The Morgan fingerprint density at radius 2 is 1.94 bits per heavy atom. The summed E-state index contributed by atoms with van der Waals surface area (Å²) >= 11 is 4.96. The molecule has 2 rings (SSSR count). The molecule has 0 radical (unpaired) electrons. The van der Waals surface area contributed by atoms with Crippen LogP contribution in [0.4, 0.5) is 0 Å². The highest BCUT2D eigenvalue weighted by atomic mass is 32.1. The van der Waals surface area contributed by atoms with Crippen LogP contribution >= 0.6 is 12.2 Å². The lowest BCUT2D eigenvalue weighted by molar-refractivity contribution is 0.356. The van der Waals surface area contributed by atoms with Gasteiger partial charge in [-0.1, -0.05) is 18.3 Å². The average Bonchev–Trinajstić information content (AvgIpc) is 2.38. The second kappa shape index (κ2) is 4.97. The summed E-state index contributed by atoms with van der Waals surface area (Å²) in [4.78, 5) is 0. The highest BCUT2D eigenvalue weighted by Gasteiger charge is 2.11. The number of aromatic amines is 1. The number of H-pyrrole nitrogens is 1. The van der Waals surface area contributed by atoms with Crippen LogP contribution < -0.4 is 9.47 Å². The van der Waals surface area contributed by atoms with E-state index in [1.165, 1.54) is 0 Å². The number of hydrogen-bond donors (Lipinski definition) is 1. The molecule has 17 heavy (non-hydrogen) atoms. The summed E-state index contributed by atoms with van der Waals surface area (Å²) in [7, 11) is 3.21. The normalized spacial score (nSPS) is 10.0. The molecule has 5 heteroatoms. The molecular formula is C12H12N2O2S. The Morgan fingerprint density at radius 1 is 1.12 bits per heavy atom. The van der Waals surface area contributed by atoms with Gasteiger partial charge in [-0.3, -0.25) is 5.10 Å². The van der Waals surface area contributed by atoms with Crippen molar-refractivity contribution in [2.45, 2.75) is 0 Å². The standard InChI is InChI=1S/C12H12N2O2S/c1-15-10-5-3-4-8(12(10)16-2)9-6-7-11(17)14-13-9/h3-7H,1-2H3,(H,14,17). The summed E-state index contributed by atoms with van der Waals surface area (Å²) in [6.07, 6.45) is 0.